The minimum absolute atomic E-state index is 0.00463. The first-order valence-electron chi connectivity index (χ1n) is 4.48. The molecule has 0 spiro atoms. The van der Waals surface area contributed by atoms with Crippen LogP contribution < -0.4 is 15.6 Å². The molecule has 0 bridgehead atoms. The number of aromatic nitrogens is 1. The third kappa shape index (κ3) is 2.73. The van der Waals surface area contributed by atoms with Crippen molar-refractivity contribution >= 4 is 11.7 Å². The second kappa shape index (κ2) is 3.65. The number of amides is 2. The second-order valence-electron chi connectivity index (χ2n) is 4.16. The molecule has 0 aromatic carbocycles. The Labute approximate surface area is 83.7 Å². The number of hydrogen-bond donors (Lipinski definition) is 2. The van der Waals surface area contributed by atoms with Gasteiger partial charge in [-0.15, -0.1) is 0 Å². The van der Waals surface area contributed by atoms with Crippen LogP contribution in [0.4, 0.5) is 10.5 Å². The molecule has 14 heavy (non-hydrogen) atoms. The number of carbonyl (C=O) groups is 1. The number of anilines is 1. The lowest BCUT2D eigenvalue weighted by molar-refractivity contribution is -0.753. The van der Waals surface area contributed by atoms with Crippen molar-refractivity contribution in [3.63, 3.8) is 0 Å². The van der Waals surface area contributed by atoms with Gasteiger partial charge in [-0.2, -0.15) is 4.57 Å². The summed E-state index contributed by atoms with van der Waals surface area (Å²) in [5.41, 5.74) is 5.72. The molecule has 2 amide bonds. The van der Waals surface area contributed by atoms with Gasteiger partial charge in [-0.1, -0.05) is 0 Å². The van der Waals surface area contributed by atoms with Gasteiger partial charge in [0.05, 0.1) is 0 Å². The monoisotopic (exact) mass is 194 g/mol. The molecular formula is C10H16N3O+. The predicted molar refractivity (Wildman–Crippen MR) is 54.8 cm³/mol. The van der Waals surface area contributed by atoms with E-state index in [9.17, 15) is 4.79 Å². The van der Waals surface area contributed by atoms with Gasteiger partial charge in [0, 0.05) is 26.8 Å². The minimum atomic E-state index is -0.545. The van der Waals surface area contributed by atoms with Gasteiger partial charge in [0.15, 0.2) is 17.9 Å². The van der Waals surface area contributed by atoms with Crippen LogP contribution in [-0.2, 0) is 5.54 Å². The van der Waals surface area contributed by atoms with Crippen molar-refractivity contribution in [3.05, 3.63) is 24.5 Å². The Morgan fingerprint density at radius 3 is 2.64 bits per heavy atom. The lowest BCUT2D eigenvalue weighted by Gasteiger charge is -2.13. The molecule has 1 aromatic heterocycles. The Kier molecular flexibility index (Phi) is 2.74. The molecule has 0 aliphatic heterocycles. The smallest absolute Gasteiger partial charge is 0.316 e. The van der Waals surface area contributed by atoms with Crippen molar-refractivity contribution < 1.29 is 9.36 Å². The van der Waals surface area contributed by atoms with Crippen molar-refractivity contribution in [1.82, 2.24) is 0 Å². The van der Waals surface area contributed by atoms with Crippen molar-refractivity contribution in [2.24, 2.45) is 5.73 Å². The Hall–Kier alpha value is -1.58. The fraction of sp³-hybridized carbons (Fsp3) is 0.400. The normalized spacial score (nSPS) is 11.1. The first-order chi connectivity index (χ1) is 6.39. The summed E-state index contributed by atoms with van der Waals surface area (Å²) >= 11 is 0. The average molecular weight is 194 g/mol. The average Bonchev–Trinajstić information content (AvgIpc) is 2.01. The molecule has 1 aromatic rings. The highest BCUT2D eigenvalue weighted by atomic mass is 16.2. The van der Waals surface area contributed by atoms with E-state index in [2.05, 4.69) is 26.1 Å². The van der Waals surface area contributed by atoms with Crippen LogP contribution in [0.5, 0.6) is 0 Å². The Morgan fingerprint density at radius 2 is 2.14 bits per heavy atom. The topological polar surface area (TPSA) is 59.0 Å². The van der Waals surface area contributed by atoms with E-state index in [1.54, 1.807) is 6.07 Å². The highest BCUT2D eigenvalue weighted by Crippen LogP contribution is 2.07. The van der Waals surface area contributed by atoms with Crippen LogP contribution in [0.1, 0.15) is 20.8 Å². The first kappa shape index (κ1) is 10.5. The summed E-state index contributed by atoms with van der Waals surface area (Å²) in [5.74, 6) is 0. The summed E-state index contributed by atoms with van der Waals surface area (Å²) in [6, 6.07) is 3.13. The Balaban J connectivity index is 2.95. The maximum absolute atomic E-state index is 10.6. The molecule has 0 fully saturated rings. The van der Waals surface area contributed by atoms with Crippen molar-refractivity contribution in [3.8, 4) is 0 Å². The van der Waals surface area contributed by atoms with Crippen LogP contribution in [0.25, 0.3) is 0 Å². The van der Waals surface area contributed by atoms with Crippen LogP contribution in [0.15, 0.2) is 24.5 Å². The molecule has 3 N–H and O–H groups in total. The third-order valence-electron chi connectivity index (χ3n) is 1.84. The lowest BCUT2D eigenvalue weighted by atomic mass is 10.1. The number of rotatable bonds is 1. The highest BCUT2D eigenvalue weighted by molar-refractivity contribution is 5.87. The summed E-state index contributed by atoms with van der Waals surface area (Å²) in [5, 5.41) is 2.54. The third-order valence-corrected chi connectivity index (χ3v) is 1.84. The molecule has 76 valence electrons. The van der Waals surface area contributed by atoms with E-state index in [4.69, 9.17) is 5.73 Å². The fourth-order valence-corrected chi connectivity index (χ4v) is 1.11. The van der Waals surface area contributed by atoms with E-state index in [0.717, 1.165) is 0 Å². The number of pyridine rings is 1. The zero-order valence-corrected chi connectivity index (χ0v) is 8.74. The number of carbonyl (C=O) groups excluding carboxylic acids is 1. The van der Waals surface area contributed by atoms with Crippen molar-refractivity contribution in [2.45, 2.75) is 26.3 Å². The molecule has 0 saturated carbocycles. The van der Waals surface area contributed by atoms with Crippen LogP contribution in [0, 0.1) is 0 Å². The van der Waals surface area contributed by atoms with E-state index in [1.165, 1.54) is 0 Å². The van der Waals surface area contributed by atoms with Crippen LogP contribution in [0.2, 0.25) is 0 Å². The minimum Gasteiger partial charge on any atom is -0.351 e. The van der Waals surface area contributed by atoms with E-state index < -0.39 is 6.03 Å². The summed E-state index contributed by atoms with van der Waals surface area (Å²) in [6.07, 6.45) is 3.80. The van der Waals surface area contributed by atoms with Gasteiger partial charge in [0.2, 0.25) is 0 Å². The van der Waals surface area contributed by atoms with Gasteiger partial charge in [-0.3, -0.25) is 0 Å². The van der Waals surface area contributed by atoms with Gasteiger partial charge >= 0.3 is 6.03 Å². The summed E-state index contributed by atoms with van der Waals surface area (Å²) in [7, 11) is 0. The molecule has 0 atom stereocenters. The molecule has 4 heteroatoms. The number of nitrogens with zero attached hydrogens (tertiary/aromatic N) is 1. The van der Waals surface area contributed by atoms with Crippen molar-refractivity contribution in [1.29, 1.82) is 0 Å². The molecule has 1 heterocycles. The zero-order chi connectivity index (χ0) is 10.8. The Morgan fingerprint density at radius 1 is 1.50 bits per heavy atom. The summed E-state index contributed by atoms with van der Waals surface area (Å²) < 4.78 is 2.01. The van der Waals surface area contributed by atoms with Gasteiger partial charge in [-0.25, -0.2) is 4.79 Å². The van der Waals surface area contributed by atoms with E-state index in [-0.39, 0.29) is 5.54 Å². The van der Waals surface area contributed by atoms with Gasteiger partial charge in [0.25, 0.3) is 0 Å². The number of nitrogens with two attached hydrogens (primary N) is 1. The molecule has 0 saturated heterocycles. The largest absolute Gasteiger partial charge is 0.351 e. The maximum Gasteiger partial charge on any atom is 0.316 e. The maximum atomic E-state index is 10.6. The first-order valence-corrected chi connectivity index (χ1v) is 4.48. The highest BCUT2D eigenvalue weighted by Gasteiger charge is 2.21. The molecule has 0 unspecified atom stereocenters. The number of nitrogens with one attached hydrogen (secondary N) is 1. The van der Waals surface area contributed by atoms with Gasteiger partial charge in [-0.05, 0) is 6.07 Å². The zero-order valence-electron chi connectivity index (χ0n) is 8.74. The summed E-state index contributed by atoms with van der Waals surface area (Å²) in [4.78, 5) is 10.6. The second-order valence-corrected chi connectivity index (χ2v) is 4.16. The number of hydrogen-bond acceptors (Lipinski definition) is 1. The number of urea groups is 1. The van der Waals surface area contributed by atoms with Crippen molar-refractivity contribution in [2.75, 3.05) is 5.32 Å². The Bertz CT molecular complexity index is 341. The molecular weight excluding hydrogens is 178 g/mol. The van der Waals surface area contributed by atoms with Crippen LogP contribution >= 0.6 is 0 Å². The molecule has 0 aliphatic rings. The van der Waals surface area contributed by atoms with Crippen LogP contribution in [0.3, 0.4) is 0 Å². The molecule has 0 aliphatic carbocycles. The quantitative estimate of drug-likeness (QED) is 0.649. The van der Waals surface area contributed by atoms with Gasteiger partial charge < -0.3 is 11.1 Å². The number of primary amides is 1. The molecule has 1 rings (SSSR count). The van der Waals surface area contributed by atoms with E-state index in [1.807, 2.05) is 23.0 Å². The van der Waals surface area contributed by atoms with Gasteiger partial charge in [0.1, 0.15) is 5.69 Å². The standard InChI is InChI=1S/C10H15N3O/c1-10(2,3)13-6-4-5-8(7-13)12-9(11)14/h4-7H,1-3H3,(H2-,11,12,14)/p+1. The SMILES string of the molecule is CC(C)(C)[n+]1cccc(NC(N)=O)c1. The van der Waals surface area contributed by atoms with E-state index in [0.29, 0.717) is 5.69 Å². The van der Waals surface area contributed by atoms with Crippen LogP contribution in [-0.4, -0.2) is 6.03 Å². The summed E-state index contributed by atoms with van der Waals surface area (Å²) in [6.45, 7) is 6.25. The lowest BCUT2D eigenvalue weighted by Crippen LogP contribution is -2.49. The predicted octanol–water partition coefficient (Wildman–Crippen LogP) is 1.22. The molecule has 4 nitrogen and oxygen atoms in total. The molecule has 0 radical (unpaired) electrons. The van der Waals surface area contributed by atoms with E-state index >= 15 is 0 Å². The fourth-order valence-electron chi connectivity index (χ4n) is 1.11.